The lowest BCUT2D eigenvalue weighted by Crippen LogP contribution is -2.31. The number of nitrogens with zero attached hydrogens (tertiary/aromatic N) is 4. The van der Waals surface area contributed by atoms with E-state index in [9.17, 15) is 39.5 Å². The van der Waals surface area contributed by atoms with E-state index in [2.05, 4.69) is 20.6 Å². The zero-order valence-electron chi connectivity index (χ0n) is 23.3. The Morgan fingerprint density at radius 2 is 1.52 bits per heavy atom. The minimum atomic E-state index is -5.13. The second-order valence-corrected chi connectivity index (χ2v) is 9.55. The summed E-state index contributed by atoms with van der Waals surface area (Å²) in [7, 11) is 2.64. The number of halogens is 9. The molecule has 0 bridgehead atoms. The fourth-order valence-corrected chi connectivity index (χ4v) is 4.48. The number of hydrogen-bond acceptors (Lipinski definition) is 5. The van der Waals surface area contributed by atoms with Gasteiger partial charge in [-0.3, -0.25) is 4.98 Å². The van der Waals surface area contributed by atoms with E-state index in [0.29, 0.717) is 25.0 Å². The zero-order valence-corrected chi connectivity index (χ0v) is 23.3. The highest BCUT2D eigenvalue weighted by Crippen LogP contribution is 2.38. The van der Waals surface area contributed by atoms with Crippen molar-refractivity contribution >= 4 is 5.96 Å². The third-order valence-corrected chi connectivity index (χ3v) is 6.50. The van der Waals surface area contributed by atoms with E-state index >= 15 is 0 Å². The monoisotopic (exact) mass is 634 g/mol. The number of hydrogen-bond donors (Lipinski definition) is 2. The second kappa shape index (κ2) is 14.1. The summed E-state index contributed by atoms with van der Waals surface area (Å²) < 4.78 is 128. The van der Waals surface area contributed by atoms with Gasteiger partial charge in [0.1, 0.15) is 0 Å². The van der Waals surface area contributed by atoms with E-state index in [-0.39, 0.29) is 17.2 Å². The molecule has 2 aromatic carbocycles. The maximum atomic E-state index is 13.7. The van der Waals surface area contributed by atoms with Crippen molar-refractivity contribution in [2.45, 2.75) is 50.6 Å². The molecule has 2 N–H and O–H groups in total. The molecule has 7 nitrogen and oxygen atoms in total. The molecule has 0 aliphatic heterocycles. The Balaban J connectivity index is 2.12. The molecular formula is C28H27F9N6O. The van der Waals surface area contributed by atoms with Gasteiger partial charge in [-0.15, -0.1) is 10.2 Å². The van der Waals surface area contributed by atoms with Gasteiger partial charge < -0.3 is 15.1 Å². The molecule has 1 unspecified atom stereocenters. The van der Waals surface area contributed by atoms with E-state index in [1.54, 1.807) is 24.5 Å². The Bertz CT molecular complexity index is 1410. The number of alkyl halides is 9. The van der Waals surface area contributed by atoms with Crippen LogP contribution in [0, 0.1) is 5.53 Å². The van der Waals surface area contributed by atoms with Crippen molar-refractivity contribution in [3.05, 3.63) is 99.9 Å². The van der Waals surface area contributed by atoms with Crippen LogP contribution in [0.15, 0.2) is 71.1 Å². The first-order valence-electron chi connectivity index (χ1n) is 12.8. The predicted molar refractivity (Wildman–Crippen MR) is 141 cm³/mol. The lowest BCUT2D eigenvalue weighted by Gasteiger charge is -2.27. The smallest absolute Gasteiger partial charge is 0.377 e. The first-order valence-corrected chi connectivity index (χ1v) is 12.8. The van der Waals surface area contributed by atoms with E-state index < -0.39 is 65.9 Å². The van der Waals surface area contributed by atoms with Crippen LogP contribution in [-0.4, -0.2) is 30.0 Å². The molecule has 0 fully saturated rings. The van der Waals surface area contributed by atoms with Gasteiger partial charge in [0.15, 0.2) is 0 Å². The summed E-state index contributed by atoms with van der Waals surface area (Å²) in [4.78, 5) is 5.02. The first kappa shape index (κ1) is 34.3. The highest BCUT2D eigenvalue weighted by molar-refractivity contribution is 5.79. The van der Waals surface area contributed by atoms with Crippen LogP contribution >= 0.6 is 0 Å². The van der Waals surface area contributed by atoms with Crippen LogP contribution in [0.2, 0.25) is 0 Å². The zero-order chi connectivity index (χ0) is 32.7. The summed E-state index contributed by atoms with van der Waals surface area (Å²) in [5.74, 6) is -0.508. The average molecular weight is 635 g/mol. The molecule has 0 radical (unpaired) electrons. The molecule has 0 saturated carbocycles. The fraction of sp³-hybridized carbons (Fsp3) is 0.357. The topological polar surface area (TPSA) is 86.0 Å². The first-order chi connectivity index (χ1) is 20.6. The summed E-state index contributed by atoms with van der Waals surface area (Å²) in [5, 5.41) is 6.97. The molecule has 0 saturated heterocycles. The van der Waals surface area contributed by atoms with Crippen molar-refractivity contribution in [1.82, 2.24) is 15.3 Å². The largest absolute Gasteiger partial charge is 0.416 e. The van der Waals surface area contributed by atoms with Crippen LogP contribution in [0.1, 0.15) is 51.5 Å². The van der Waals surface area contributed by atoms with Crippen LogP contribution in [0.3, 0.4) is 0 Å². The van der Waals surface area contributed by atoms with E-state index in [1.165, 1.54) is 20.2 Å². The number of pyridine rings is 1. The van der Waals surface area contributed by atoms with Crippen molar-refractivity contribution in [3.63, 3.8) is 0 Å². The van der Waals surface area contributed by atoms with Gasteiger partial charge in [-0.2, -0.15) is 39.5 Å². The van der Waals surface area contributed by atoms with E-state index in [4.69, 9.17) is 10.3 Å². The molecular weight excluding hydrogens is 607 g/mol. The molecule has 1 aromatic heterocycles. The number of rotatable bonds is 10. The number of nitrogens with one attached hydrogen (secondary N) is 2. The van der Waals surface area contributed by atoms with Crippen LogP contribution in [0.25, 0.3) is 0 Å². The molecule has 0 aliphatic carbocycles. The summed E-state index contributed by atoms with van der Waals surface area (Å²) in [6.45, 7) is -1.26. The van der Waals surface area contributed by atoms with Gasteiger partial charge in [0.05, 0.1) is 22.8 Å². The van der Waals surface area contributed by atoms with E-state index in [0.717, 1.165) is 22.6 Å². The Hall–Kier alpha value is -4.21. The number of methoxy groups -OCH3 is 1. The Kier molecular flexibility index (Phi) is 10.9. The summed E-state index contributed by atoms with van der Waals surface area (Å²) in [6, 6.07) is 7.31. The van der Waals surface area contributed by atoms with Crippen LogP contribution in [0.5, 0.6) is 0 Å². The summed E-state index contributed by atoms with van der Waals surface area (Å²) in [6.07, 6.45) is -11.9. The molecule has 0 spiro atoms. The highest BCUT2D eigenvalue weighted by atomic mass is 19.4. The van der Waals surface area contributed by atoms with Gasteiger partial charge in [0.2, 0.25) is 0 Å². The van der Waals surface area contributed by atoms with Crippen LogP contribution < -0.4 is 5.43 Å². The molecule has 3 aromatic rings. The average Bonchev–Trinajstić information content (AvgIpc) is 2.95. The molecule has 1 atom stereocenters. The third-order valence-electron chi connectivity index (χ3n) is 6.50. The molecule has 3 rings (SSSR count). The second-order valence-electron chi connectivity index (χ2n) is 9.55. The number of guanidine groups is 1. The SMILES string of the molecule is CN/N=C(\N=N)N(Cc1cc(C(F)(F)F)cc(C(F)(F)F)c1)Cc1cc(C(F)(F)F)ccc1C(CCc1cccnc1)OC. The molecule has 0 aliphatic rings. The quantitative estimate of drug-likeness (QED) is 0.0779. The Labute approximate surface area is 246 Å². The third kappa shape index (κ3) is 9.14. The fourth-order valence-electron chi connectivity index (χ4n) is 4.48. The Morgan fingerprint density at radius 3 is 2.02 bits per heavy atom. The van der Waals surface area contributed by atoms with Gasteiger partial charge in [0, 0.05) is 39.6 Å². The predicted octanol–water partition coefficient (Wildman–Crippen LogP) is 7.98. The van der Waals surface area contributed by atoms with Gasteiger partial charge in [0.25, 0.3) is 5.96 Å². The molecule has 238 valence electrons. The van der Waals surface area contributed by atoms with Crippen molar-refractivity contribution in [2.24, 2.45) is 10.2 Å². The molecule has 0 amide bonds. The molecule has 44 heavy (non-hydrogen) atoms. The summed E-state index contributed by atoms with van der Waals surface area (Å²) in [5.41, 5.74) is 6.24. The van der Waals surface area contributed by atoms with Crippen molar-refractivity contribution in [3.8, 4) is 0 Å². The van der Waals surface area contributed by atoms with Crippen LogP contribution in [0.4, 0.5) is 39.5 Å². The molecule has 16 heteroatoms. The standard InChI is InChI=1S/C28H27F9N6O/c1-39-42-25(41-38)43(15-18-10-21(27(32,33)34)13-22(11-18)28(35,36)37)16-19-12-20(26(29,30)31)6-7-23(19)24(44-2)8-5-17-4-3-9-40-14-17/h3-4,6-7,9-14,24,38-39H,5,8,15-16H2,1-2H3/b41-38?,42-25+. The van der Waals surface area contributed by atoms with Crippen molar-refractivity contribution < 1.29 is 44.3 Å². The Morgan fingerprint density at radius 1 is 0.886 bits per heavy atom. The van der Waals surface area contributed by atoms with Crippen LogP contribution in [-0.2, 0) is 42.8 Å². The van der Waals surface area contributed by atoms with Gasteiger partial charge in [-0.05, 0) is 71.5 Å². The number of aromatic nitrogens is 1. The van der Waals surface area contributed by atoms with Gasteiger partial charge in [-0.1, -0.05) is 12.1 Å². The number of ether oxygens (including phenoxy) is 1. The number of benzene rings is 2. The minimum absolute atomic E-state index is 0.0201. The number of hydrazone groups is 1. The van der Waals surface area contributed by atoms with Crippen molar-refractivity contribution in [1.29, 1.82) is 5.53 Å². The molecule has 1 heterocycles. The summed E-state index contributed by atoms with van der Waals surface area (Å²) >= 11 is 0. The van der Waals surface area contributed by atoms with Gasteiger partial charge in [-0.25, -0.2) is 5.53 Å². The van der Waals surface area contributed by atoms with E-state index in [1.807, 2.05) is 0 Å². The minimum Gasteiger partial charge on any atom is -0.377 e. The highest BCUT2D eigenvalue weighted by Gasteiger charge is 2.37. The van der Waals surface area contributed by atoms with Gasteiger partial charge >= 0.3 is 18.5 Å². The van der Waals surface area contributed by atoms with Crippen molar-refractivity contribution in [2.75, 3.05) is 14.2 Å². The normalized spacial score (nSPS) is 13.5. The maximum absolute atomic E-state index is 13.7. The lowest BCUT2D eigenvalue weighted by atomic mass is 9.95. The maximum Gasteiger partial charge on any atom is 0.416 e. The number of aryl methyl sites for hydroxylation is 1. The lowest BCUT2D eigenvalue weighted by molar-refractivity contribution is -0.143.